The third-order valence-corrected chi connectivity index (χ3v) is 3.05. The number of nitrogens with two attached hydrogens (primary N) is 1. The Morgan fingerprint density at radius 1 is 1.62 bits per heavy atom. The van der Waals surface area contributed by atoms with Gasteiger partial charge in [0.1, 0.15) is 5.82 Å². The van der Waals surface area contributed by atoms with Crippen LogP contribution in [0.25, 0.3) is 0 Å². The number of rotatable bonds is 3. The van der Waals surface area contributed by atoms with E-state index in [9.17, 15) is 0 Å². The first-order chi connectivity index (χ1) is 7.78. The van der Waals surface area contributed by atoms with Crippen LogP contribution < -0.4 is 5.73 Å². The van der Waals surface area contributed by atoms with Crippen LogP contribution in [-0.4, -0.2) is 36.2 Å². The number of nitrogens with zero attached hydrogens (tertiary/aromatic N) is 2. The quantitative estimate of drug-likeness (QED) is 0.835. The van der Waals surface area contributed by atoms with Gasteiger partial charge in [0.2, 0.25) is 0 Å². The molecule has 1 atom stereocenters. The number of ether oxygens (including phenoxy) is 1. The fourth-order valence-corrected chi connectivity index (χ4v) is 2.20. The first-order valence-electron chi connectivity index (χ1n) is 5.73. The van der Waals surface area contributed by atoms with Crippen molar-refractivity contribution >= 4 is 5.82 Å². The number of hydrogen-bond donors (Lipinski definition) is 1. The topological polar surface area (TPSA) is 51.4 Å². The Kier molecular flexibility index (Phi) is 3.74. The minimum atomic E-state index is 0.382. The van der Waals surface area contributed by atoms with Crippen molar-refractivity contribution in [3.8, 4) is 0 Å². The van der Waals surface area contributed by atoms with Crippen molar-refractivity contribution in [2.75, 3.05) is 25.9 Å². The zero-order chi connectivity index (χ0) is 11.4. The fraction of sp³-hybridized carbons (Fsp3) is 0.583. The molecule has 4 heteroatoms. The second kappa shape index (κ2) is 5.27. The van der Waals surface area contributed by atoms with Gasteiger partial charge in [-0.1, -0.05) is 0 Å². The summed E-state index contributed by atoms with van der Waals surface area (Å²) >= 11 is 0. The Morgan fingerprint density at radius 2 is 2.50 bits per heavy atom. The lowest BCUT2D eigenvalue weighted by atomic mass is 10.1. The minimum Gasteiger partial charge on any atom is -0.384 e. The summed E-state index contributed by atoms with van der Waals surface area (Å²) in [6.07, 6.45) is 4.53. The maximum absolute atomic E-state index is 5.66. The molecule has 1 aromatic heterocycles. The smallest absolute Gasteiger partial charge is 0.123 e. The monoisotopic (exact) mass is 221 g/mol. The Morgan fingerprint density at radius 3 is 3.25 bits per heavy atom. The Bertz CT molecular complexity index is 343. The van der Waals surface area contributed by atoms with E-state index in [2.05, 4.69) is 9.88 Å². The maximum atomic E-state index is 5.66. The molecule has 2 rings (SSSR count). The summed E-state index contributed by atoms with van der Waals surface area (Å²) in [5.74, 6) is 0.595. The van der Waals surface area contributed by atoms with Gasteiger partial charge < -0.3 is 10.5 Å². The molecule has 2 N–H and O–H groups in total. The van der Waals surface area contributed by atoms with E-state index in [-0.39, 0.29) is 0 Å². The van der Waals surface area contributed by atoms with Crippen LogP contribution in [0.1, 0.15) is 18.4 Å². The average molecular weight is 221 g/mol. The molecular weight excluding hydrogens is 202 g/mol. The second-order valence-corrected chi connectivity index (χ2v) is 4.32. The third-order valence-electron chi connectivity index (χ3n) is 3.05. The van der Waals surface area contributed by atoms with Crippen molar-refractivity contribution in [2.24, 2.45) is 0 Å². The Hall–Kier alpha value is -1.13. The summed E-state index contributed by atoms with van der Waals surface area (Å²) in [6.45, 7) is 3.09. The highest BCUT2D eigenvalue weighted by Gasteiger charge is 2.19. The lowest BCUT2D eigenvalue weighted by molar-refractivity contribution is 0.0285. The van der Waals surface area contributed by atoms with Crippen molar-refractivity contribution in [2.45, 2.75) is 25.5 Å². The van der Waals surface area contributed by atoms with Crippen molar-refractivity contribution in [3.63, 3.8) is 0 Å². The van der Waals surface area contributed by atoms with Crippen LogP contribution in [0, 0.1) is 0 Å². The van der Waals surface area contributed by atoms with Crippen LogP contribution in [0.15, 0.2) is 18.3 Å². The molecule has 16 heavy (non-hydrogen) atoms. The normalized spacial score (nSPS) is 22.2. The summed E-state index contributed by atoms with van der Waals surface area (Å²) in [6, 6.07) is 3.96. The molecule has 0 radical (unpaired) electrons. The minimum absolute atomic E-state index is 0.382. The van der Waals surface area contributed by atoms with E-state index in [1.807, 2.05) is 12.1 Å². The van der Waals surface area contributed by atoms with E-state index >= 15 is 0 Å². The molecule has 1 aliphatic heterocycles. The molecule has 1 aromatic rings. The number of likely N-dealkylation sites (tertiary alicyclic amines) is 1. The number of methoxy groups -OCH3 is 1. The highest BCUT2D eigenvalue weighted by atomic mass is 16.5. The van der Waals surface area contributed by atoms with Crippen LogP contribution >= 0.6 is 0 Å². The lowest BCUT2D eigenvalue weighted by Crippen LogP contribution is -2.38. The highest BCUT2D eigenvalue weighted by molar-refractivity contribution is 5.31. The van der Waals surface area contributed by atoms with Crippen LogP contribution in [0.4, 0.5) is 5.82 Å². The molecule has 88 valence electrons. The third kappa shape index (κ3) is 2.93. The molecule has 0 amide bonds. The molecule has 1 aliphatic rings. The van der Waals surface area contributed by atoms with E-state index in [0.717, 1.165) is 19.6 Å². The van der Waals surface area contributed by atoms with Gasteiger partial charge in [-0.05, 0) is 37.1 Å². The molecule has 0 saturated carbocycles. The first kappa shape index (κ1) is 11.4. The molecule has 0 aliphatic carbocycles. The van der Waals surface area contributed by atoms with Crippen LogP contribution in [0.5, 0.6) is 0 Å². The second-order valence-electron chi connectivity index (χ2n) is 4.32. The standard InChI is InChI=1S/C12H19N3O/c1-16-11-3-2-6-15(9-11)8-10-4-5-14-12(13)7-10/h4-5,7,11H,2-3,6,8-9H2,1H3,(H2,13,14). The zero-order valence-electron chi connectivity index (χ0n) is 9.72. The largest absolute Gasteiger partial charge is 0.384 e. The number of nitrogen functional groups attached to an aromatic ring is 1. The van der Waals surface area contributed by atoms with Gasteiger partial charge in [-0.25, -0.2) is 4.98 Å². The fourth-order valence-electron chi connectivity index (χ4n) is 2.20. The maximum Gasteiger partial charge on any atom is 0.123 e. The van der Waals surface area contributed by atoms with Gasteiger partial charge in [0.15, 0.2) is 0 Å². The van der Waals surface area contributed by atoms with Crippen molar-refractivity contribution < 1.29 is 4.74 Å². The van der Waals surface area contributed by atoms with Crippen LogP contribution in [0.2, 0.25) is 0 Å². The number of aromatic nitrogens is 1. The number of piperidine rings is 1. The molecular formula is C12H19N3O. The van der Waals surface area contributed by atoms with E-state index < -0.39 is 0 Å². The van der Waals surface area contributed by atoms with Crippen molar-refractivity contribution in [1.82, 2.24) is 9.88 Å². The Balaban J connectivity index is 1.94. The summed E-state index contributed by atoms with van der Waals surface area (Å²) in [7, 11) is 1.79. The zero-order valence-corrected chi connectivity index (χ0v) is 9.72. The molecule has 0 spiro atoms. The Labute approximate surface area is 96.4 Å². The lowest BCUT2D eigenvalue weighted by Gasteiger charge is -2.31. The van der Waals surface area contributed by atoms with Crippen molar-refractivity contribution in [1.29, 1.82) is 0 Å². The van der Waals surface area contributed by atoms with Gasteiger partial charge in [-0.2, -0.15) is 0 Å². The summed E-state index contributed by atoms with van der Waals surface area (Å²) in [5.41, 5.74) is 6.89. The molecule has 0 aromatic carbocycles. The average Bonchev–Trinajstić information content (AvgIpc) is 2.29. The van der Waals surface area contributed by atoms with Gasteiger partial charge in [0.05, 0.1) is 6.10 Å². The number of hydrogen-bond acceptors (Lipinski definition) is 4. The number of pyridine rings is 1. The number of anilines is 1. The summed E-state index contributed by atoms with van der Waals surface area (Å²) in [5, 5.41) is 0. The van der Waals surface area contributed by atoms with E-state index in [1.54, 1.807) is 13.3 Å². The van der Waals surface area contributed by atoms with Gasteiger partial charge in [-0.15, -0.1) is 0 Å². The summed E-state index contributed by atoms with van der Waals surface area (Å²) in [4.78, 5) is 6.41. The summed E-state index contributed by atoms with van der Waals surface area (Å²) < 4.78 is 5.40. The SMILES string of the molecule is COC1CCCN(Cc2ccnc(N)c2)C1. The predicted molar refractivity (Wildman–Crippen MR) is 64.0 cm³/mol. The van der Waals surface area contributed by atoms with E-state index in [4.69, 9.17) is 10.5 Å². The first-order valence-corrected chi connectivity index (χ1v) is 5.73. The van der Waals surface area contributed by atoms with Gasteiger partial charge >= 0.3 is 0 Å². The van der Waals surface area contributed by atoms with Crippen LogP contribution in [0.3, 0.4) is 0 Å². The highest BCUT2D eigenvalue weighted by Crippen LogP contribution is 2.15. The molecule has 1 fully saturated rings. The van der Waals surface area contributed by atoms with Gasteiger partial charge in [-0.3, -0.25) is 4.90 Å². The predicted octanol–water partition coefficient (Wildman–Crippen LogP) is 1.27. The molecule has 0 bridgehead atoms. The van der Waals surface area contributed by atoms with Gasteiger partial charge in [0, 0.05) is 26.4 Å². The van der Waals surface area contributed by atoms with Crippen LogP contribution in [-0.2, 0) is 11.3 Å². The van der Waals surface area contributed by atoms with E-state index in [0.29, 0.717) is 11.9 Å². The molecule has 1 unspecified atom stereocenters. The van der Waals surface area contributed by atoms with Gasteiger partial charge in [0.25, 0.3) is 0 Å². The molecule has 4 nitrogen and oxygen atoms in total. The van der Waals surface area contributed by atoms with E-state index in [1.165, 1.54) is 18.4 Å². The molecule has 1 saturated heterocycles. The molecule has 2 heterocycles. The van der Waals surface area contributed by atoms with Crippen molar-refractivity contribution in [3.05, 3.63) is 23.9 Å².